The molecule has 0 fully saturated rings. The summed E-state index contributed by atoms with van der Waals surface area (Å²) in [4.78, 5) is 9.48. The second-order valence-electron chi connectivity index (χ2n) is 19.3. The number of hydrogen-bond donors (Lipinski definition) is 1. The van der Waals surface area contributed by atoms with Crippen molar-refractivity contribution in [3.05, 3.63) is 156 Å². The van der Waals surface area contributed by atoms with E-state index in [2.05, 4.69) is 213 Å². The summed E-state index contributed by atoms with van der Waals surface area (Å²) in [5.41, 5.74) is 15.8. The molecule has 6 aromatic rings. The Balaban J connectivity index is 1.39. The molecule has 1 aliphatic carbocycles. The molecule has 290 valence electrons. The van der Waals surface area contributed by atoms with Gasteiger partial charge < -0.3 is 9.80 Å². The number of hydrogen-bond acceptors (Lipinski definition) is 3. The molecule has 2 nitrogen and oxygen atoms in total. The van der Waals surface area contributed by atoms with E-state index in [9.17, 15) is 0 Å². The van der Waals surface area contributed by atoms with Gasteiger partial charge in [0.15, 0.2) is 0 Å². The molecule has 2 unspecified atom stereocenters. The Morgan fingerprint density at radius 3 is 1.81 bits per heavy atom. The number of fused-ring (bicyclic) bond motifs is 4. The van der Waals surface area contributed by atoms with Gasteiger partial charge in [0.1, 0.15) is 0 Å². The van der Waals surface area contributed by atoms with Crippen LogP contribution in [0.25, 0.3) is 21.6 Å². The quantitative estimate of drug-likeness (QED) is 0.178. The van der Waals surface area contributed by atoms with Crippen LogP contribution < -0.4 is 9.80 Å². The van der Waals surface area contributed by atoms with Crippen LogP contribution in [-0.4, -0.2) is 0 Å². The fraction of sp³-hybridized carbons (Fsp3) is 0.283. The summed E-state index contributed by atoms with van der Waals surface area (Å²) in [5, 5.41) is 0. The average molecular weight is 785 g/mol. The summed E-state index contributed by atoms with van der Waals surface area (Å²) in [5.74, 6) is 0.505. The Labute approximate surface area is 348 Å². The molecule has 0 radical (unpaired) electrons. The highest BCUT2D eigenvalue weighted by Gasteiger charge is 2.43. The van der Waals surface area contributed by atoms with Crippen molar-refractivity contribution >= 4 is 50.7 Å². The van der Waals surface area contributed by atoms with Gasteiger partial charge in [0.25, 0.3) is 0 Å². The molecule has 0 spiro atoms. The van der Waals surface area contributed by atoms with Crippen LogP contribution in [-0.2, 0) is 10.8 Å². The van der Waals surface area contributed by atoms with Gasteiger partial charge >= 0.3 is 0 Å². The molecular formula is C53H56N2S2. The van der Waals surface area contributed by atoms with Crippen LogP contribution in [0.4, 0.5) is 28.4 Å². The molecule has 0 saturated heterocycles. The van der Waals surface area contributed by atoms with Crippen LogP contribution in [0, 0.1) is 18.3 Å². The van der Waals surface area contributed by atoms with Gasteiger partial charge in [-0.1, -0.05) is 153 Å². The first-order valence-corrected chi connectivity index (χ1v) is 22.7. The van der Waals surface area contributed by atoms with Crippen molar-refractivity contribution in [3.8, 4) is 21.6 Å². The Hall–Kier alpha value is -4.77. The molecule has 2 atom stereocenters. The number of aryl methyl sites for hydroxylation is 1. The minimum absolute atomic E-state index is 0.00875. The first-order valence-electron chi connectivity index (χ1n) is 20.6. The first-order chi connectivity index (χ1) is 27.1. The van der Waals surface area contributed by atoms with E-state index in [1.165, 1.54) is 86.4 Å². The zero-order valence-corrected chi connectivity index (χ0v) is 36.9. The Bertz CT molecular complexity index is 2550. The summed E-state index contributed by atoms with van der Waals surface area (Å²) in [6.07, 6.45) is 8.42. The highest BCUT2D eigenvalue weighted by atomic mass is 32.2. The Morgan fingerprint density at radius 2 is 1.23 bits per heavy atom. The number of nitrogens with zero attached hydrogens (tertiary/aromatic N) is 2. The van der Waals surface area contributed by atoms with E-state index in [0.29, 0.717) is 5.92 Å². The van der Waals surface area contributed by atoms with Crippen molar-refractivity contribution in [2.75, 3.05) is 9.80 Å². The van der Waals surface area contributed by atoms with Crippen molar-refractivity contribution in [2.45, 2.75) is 100 Å². The van der Waals surface area contributed by atoms with E-state index in [1.54, 1.807) is 0 Å². The second-order valence-corrected chi connectivity index (χ2v) is 22.7. The third-order valence-corrected chi connectivity index (χ3v) is 16.3. The number of allylic oxidation sites excluding steroid dienone is 3. The third-order valence-electron chi connectivity index (χ3n) is 12.1. The lowest BCUT2D eigenvalue weighted by Crippen LogP contribution is -2.27. The molecular weight excluding hydrogens is 729 g/mol. The van der Waals surface area contributed by atoms with E-state index >= 15 is 0 Å². The third kappa shape index (κ3) is 6.50. The van der Waals surface area contributed by atoms with Crippen molar-refractivity contribution in [3.63, 3.8) is 0 Å². The van der Waals surface area contributed by atoms with Crippen LogP contribution in [0.15, 0.2) is 153 Å². The number of rotatable bonds is 4. The topological polar surface area (TPSA) is 6.48 Å². The molecule has 0 amide bonds. The van der Waals surface area contributed by atoms with Crippen molar-refractivity contribution < 1.29 is 0 Å². The van der Waals surface area contributed by atoms with Gasteiger partial charge in [-0.05, 0) is 106 Å². The molecule has 4 heteroatoms. The highest BCUT2D eigenvalue weighted by molar-refractivity contribution is 8.19. The van der Waals surface area contributed by atoms with Crippen LogP contribution in [0.3, 0.4) is 0 Å². The number of benzene rings is 5. The van der Waals surface area contributed by atoms with Crippen molar-refractivity contribution in [1.29, 1.82) is 0 Å². The number of thiophene rings is 1. The monoisotopic (exact) mass is 784 g/mol. The molecule has 0 bridgehead atoms. The molecule has 57 heavy (non-hydrogen) atoms. The lowest BCUT2D eigenvalue weighted by Gasteiger charge is -2.47. The standard InChI is InChI=1S/C53H56N2S2/c1-34-31-43-49-44(32-34)55(41-28-23-38(24-29-41)52(5,6)7)47-46(35-17-13-11-14-18-35)48(36-19-15-12-16-20-36)56-50(47)57(49)45-33-39(53(8,9)10)25-30-42(45)54(43)40-26-21-37(22-27-40)51(2,3)4/h11-21,23-33,37,57H,22H2,1-10H3. The van der Waals surface area contributed by atoms with Crippen LogP contribution in [0.5, 0.6) is 0 Å². The second kappa shape index (κ2) is 13.7. The Kier molecular flexibility index (Phi) is 9.06. The largest absolute Gasteiger partial charge is 0.309 e. The van der Waals surface area contributed by atoms with Gasteiger partial charge in [0.05, 0.1) is 27.0 Å². The zero-order chi connectivity index (χ0) is 40.0. The molecule has 1 aromatic heterocycles. The van der Waals surface area contributed by atoms with Crippen LogP contribution in [0.1, 0.15) is 85.4 Å². The van der Waals surface area contributed by atoms with Crippen LogP contribution >= 0.6 is 22.2 Å². The molecule has 0 saturated carbocycles. The number of anilines is 5. The van der Waals surface area contributed by atoms with Gasteiger partial charge in [-0.15, -0.1) is 11.3 Å². The fourth-order valence-electron chi connectivity index (χ4n) is 8.76. The normalized spacial score (nSPS) is 18.2. The molecule has 3 aliphatic rings. The maximum absolute atomic E-state index is 2.63. The predicted octanol–water partition coefficient (Wildman–Crippen LogP) is 16.2. The summed E-state index contributed by atoms with van der Waals surface area (Å²) in [7, 11) is -0.936. The van der Waals surface area contributed by atoms with E-state index in [-0.39, 0.29) is 16.2 Å². The SMILES string of the molecule is Cc1cc2c3c(c1)N(c1ccc(C(C)(C)C)cc1)c1c(sc(-c4ccccc4)c1-c1ccccc1)[SH]3c1cc(C(C)(C)C)ccc1N2C1=CCC(C(C)(C)C)C=C1. The number of thiol groups is 1. The summed E-state index contributed by atoms with van der Waals surface area (Å²) in [6.45, 7) is 23.4. The maximum atomic E-state index is 2.63. The lowest BCUT2D eigenvalue weighted by atomic mass is 9.77. The van der Waals surface area contributed by atoms with Crippen LogP contribution in [0.2, 0.25) is 0 Å². The summed E-state index contributed by atoms with van der Waals surface area (Å²) in [6, 6.07) is 44.0. The van der Waals surface area contributed by atoms with E-state index in [0.717, 1.165) is 6.42 Å². The van der Waals surface area contributed by atoms with E-state index in [1.807, 2.05) is 11.3 Å². The Morgan fingerprint density at radius 1 is 0.632 bits per heavy atom. The molecule has 0 N–H and O–H groups in total. The minimum atomic E-state index is -0.936. The highest BCUT2D eigenvalue weighted by Crippen LogP contribution is 2.74. The first kappa shape index (κ1) is 37.8. The van der Waals surface area contributed by atoms with E-state index in [4.69, 9.17) is 0 Å². The zero-order valence-electron chi connectivity index (χ0n) is 35.2. The summed E-state index contributed by atoms with van der Waals surface area (Å²) >= 11 is 2.02. The molecule has 2 aliphatic heterocycles. The van der Waals surface area contributed by atoms with Gasteiger partial charge in [0.2, 0.25) is 0 Å². The smallest absolute Gasteiger partial charge is 0.0781 e. The van der Waals surface area contributed by atoms with Crippen molar-refractivity contribution in [2.24, 2.45) is 11.3 Å². The van der Waals surface area contributed by atoms with Gasteiger partial charge in [-0.25, -0.2) is 0 Å². The molecule has 5 aromatic carbocycles. The average Bonchev–Trinajstić information content (AvgIpc) is 3.57. The van der Waals surface area contributed by atoms with Crippen molar-refractivity contribution in [1.82, 2.24) is 0 Å². The predicted molar refractivity (Wildman–Crippen MR) is 249 cm³/mol. The summed E-state index contributed by atoms with van der Waals surface area (Å²) < 4.78 is 1.47. The fourth-order valence-corrected chi connectivity index (χ4v) is 13.6. The molecule has 9 rings (SSSR count). The van der Waals surface area contributed by atoms with Gasteiger partial charge in [0, 0.05) is 31.6 Å². The lowest BCUT2D eigenvalue weighted by molar-refractivity contribution is 0.293. The molecule has 3 heterocycles. The van der Waals surface area contributed by atoms with Gasteiger partial charge in [-0.2, -0.15) is 10.9 Å². The minimum Gasteiger partial charge on any atom is -0.309 e. The van der Waals surface area contributed by atoms with Gasteiger partial charge in [-0.3, -0.25) is 0 Å². The maximum Gasteiger partial charge on any atom is 0.0781 e. The van der Waals surface area contributed by atoms with E-state index < -0.39 is 10.9 Å².